The van der Waals surface area contributed by atoms with Gasteiger partial charge < -0.3 is 9.63 Å². The second-order valence-electron chi connectivity index (χ2n) is 4.52. The first kappa shape index (κ1) is 12.8. The van der Waals surface area contributed by atoms with Gasteiger partial charge in [0.2, 0.25) is 0 Å². The Hall–Kier alpha value is -2.21. The molecule has 2 heterocycles. The van der Waals surface area contributed by atoms with Crippen LogP contribution in [0.4, 0.5) is 0 Å². The number of thiazole rings is 1. The second-order valence-corrected chi connectivity index (χ2v) is 5.58. The molecule has 5 nitrogen and oxygen atoms in total. The summed E-state index contributed by atoms with van der Waals surface area (Å²) in [5, 5.41) is 16.9. The number of aromatic hydroxyl groups is 1. The molecule has 0 amide bonds. The number of aryl methyl sites for hydroxylation is 2. The molecule has 0 unspecified atom stereocenters. The monoisotopic (exact) mass is 287 g/mol. The van der Waals surface area contributed by atoms with E-state index in [1.54, 1.807) is 17.4 Å². The van der Waals surface area contributed by atoms with Crippen LogP contribution in [0.25, 0.3) is 11.5 Å². The molecule has 0 radical (unpaired) electrons. The molecule has 0 fully saturated rings. The summed E-state index contributed by atoms with van der Waals surface area (Å²) >= 11 is 1.59. The third-order valence-corrected chi connectivity index (χ3v) is 3.76. The third-order valence-electron chi connectivity index (χ3n) is 2.94. The maximum atomic E-state index is 10.0. The minimum absolute atomic E-state index is 0.173. The van der Waals surface area contributed by atoms with Crippen molar-refractivity contribution in [3.05, 3.63) is 45.7 Å². The first-order chi connectivity index (χ1) is 9.63. The second kappa shape index (κ2) is 5.05. The lowest BCUT2D eigenvalue weighted by atomic mass is 10.1. The number of hydrogen-bond donors (Lipinski definition) is 1. The highest BCUT2D eigenvalue weighted by molar-refractivity contribution is 7.09. The number of nitrogens with zero attached hydrogens (tertiary/aromatic N) is 3. The highest BCUT2D eigenvalue weighted by atomic mass is 32.1. The molecule has 6 heteroatoms. The zero-order chi connectivity index (χ0) is 14.1. The average Bonchev–Trinajstić information content (AvgIpc) is 3.03. The summed E-state index contributed by atoms with van der Waals surface area (Å²) in [6.07, 6.45) is 0.528. The van der Waals surface area contributed by atoms with Crippen molar-refractivity contribution >= 4 is 11.3 Å². The predicted molar refractivity (Wildman–Crippen MR) is 75.8 cm³/mol. The van der Waals surface area contributed by atoms with E-state index in [1.165, 1.54) is 0 Å². The first-order valence-electron chi connectivity index (χ1n) is 6.16. The van der Waals surface area contributed by atoms with Crippen LogP contribution >= 0.6 is 11.3 Å². The van der Waals surface area contributed by atoms with Crippen molar-refractivity contribution in [2.24, 2.45) is 0 Å². The molecule has 0 saturated carbocycles. The van der Waals surface area contributed by atoms with E-state index in [0.29, 0.717) is 23.7 Å². The predicted octanol–water partition coefficient (Wildman–Crippen LogP) is 3.11. The highest BCUT2D eigenvalue weighted by Gasteiger charge is 2.14. The molecule has 2 aromatic heterocycles. The van der Waals surface area contributed by atoms with Crippen LogP contribution in [0.15, 0.2) is 28.1 Å². The average molecular weight is 287 g/mol. The summed E-state index contributed by atoms with van der Waals surface area (Å²) in [5.41, 5.74) is 2.25. The van der Waals surface area contributed by atoms with Crippen molar-refractivity contribution in [2.45, 2.75) is 20.3 Å². The van der Waals surface area contributed by atoms with Gasteiger partial charge in [0.15, 0.2) is 5.82 Å². The zero-order valence-corrected chi connectivity index (χ0v) is 11.9. The molecule has 0 aliphatic heterocycles. The molecule has 0 bridgehead atoms. The van der Waals surface area contributed by atoms with Gasteiger partial charge in [-0.3, -0.25) is 0 Å². The summed E-state index contributed by atoms with van der Waals surface area (Å²) in [6, 6.07) is 5.43. The van der Waals surface area contributed by atoms with Crippen LogP contribution in [0, 0.1) is 13.8 Å². The highest BCUT2D eigenvalue weighted by Crippen LogP contribution is 2.30. The van der Waals surface area contributed by atoms with Crippen LogP contribution in [-0.4, -0.2) is 20.2 Å². The zero-order valence-electron chi connectivity index (χ0n) is 11.1. The molecule has 0 spiro atoms. The summed E-state index contributed by atoms with van der Waals surface area (Å²) in [5.74, 6) is 1.06. The Labute approximate surface area is 119 Å². The van der Waals surface area contributed by atoms with Crippen molar-refractivity contribution in [2.75, 3.05) is 0 Å². The normalized spacial score (nSPS) is 10.9. The lowest BCUT2D eigenvalue weighted by molar-refractivity contribution is 0.418. The molecule has 0 saturated heterocycles. The van der Waals surface area contributed by atoms with E-state index < -0.39 is 0 Å². The van der Waals surface area contributed by atoms with Crippen molar-refractivity contribution in [3.8, 4) is 17.2 Å². The van der Waals surface area contributed by atoms with Gasteiger partial charge in [0.05, 0.1) is 22.7 Å². The van der Waals surface area contributed by atoms with Crippen LogP contribution in [0.3, 0.4) is 0 Å². The van der Waals surface area contributed by atoms with E-state index in [-0.39, 0.29) is 5.75 Å². The van der Waals surface area contributed by atoms with E-state index in [1.807, 2.05) is 31.4 Å². The molecule has 0 aliphatic rings. The molecular weight excluding hydrogens is 274 g/mol. The fourth-order valence-corrected chi connectivity index (χ4v) is 2.53. The SMILES string of the molecule is Cc1nc(Cc2noc(-c3cccc(C)c3O)n2)cs1. The van der Waals surface area contributed by atoms with E-state index >= 15 is 0 Å². The molecule has 20 heavy (non-hydrogen) atoms. The molecule has 1 aromatic carbocycles. The Kier molecular flexibility index (Phi) is 3.23. The maximum Gasteiger partial charge on any atom is 0.261 e. The van der Waals surface area contributed by atoms with Gasteiger partial charge in [0.25, 0.3) is 5.89 Å². The number of rotatable bonds is 3. The summed E-state index contributed by atoms with van der Waals surface area (Å²) < 4.78 is 5.22. The topological polar surface area (TPSA) is 72.0 Å². The van der Waals surface area contributed by atoms with Gasteiger partial charge in [-0.15, -0.1) is 11.3 Å². The van der Waals surface area contributed by atoms with Crippen molar-refractivity contribution in [1.82, 2.24) is 15.1 Å². The first-order valence-corrected chi connectivity index (χ1v) is 7.04. The Morgan fingerprint density at radius 3 is 2.85 bits per heavy atom. The largest absolute Gasteiger partial charge is 0.507 e. The number of phenolic OH excluding ortho intramolecular Hbond substituents is 1. The molecule has 102 valence electrons. The fourth-order valence-electron chi connectivity index (χ4n) is 1.92. The summed E-state index contributed by atoms with van der Waals surface area (Å²) in [4.78, 5) is 8.68. The van der Waals surface area contributed by atoms with E-state index in [0.717, 1.165) is 16.3 Å². The molecule has 1 N–H and O–H groups in total. The molecule has 0 atom stereocenters. The van der Waals surface area contributed by atoms with Gasteiger partial charge in [-0.05, 0) is 25.5 Å². The molecular formula is C14H13N3O2S. The Morgan fingerprint density at radius 1 is 1.25 bits per heavy atom. The van der Waals surface area contributed by atoms with Crippen LogP contribution in [0.1, 0.15) is 22.1 Å². The summed E-state index contributed by atoms with van der Waals surface area (Å²) in [7, 11) is 0. The lowest BCUT2D eigenvalue weighted by Crippen LogP contribution is -1.91. The number of aromatic nitrogens is 3. The van der Waals surface area contributed by atoms with E-state index in [9.17, 15) is 5.11 Å². The molecule has 0 aliphatic carbocycles. The van der Waals surface area contributed by atoms with Gasteiger partial charge in [-0.2, -0.15) is 4.98 Å². The number of para-hydroxylation sites is 1. The maximum absolute atomic E-state index is 10.0. The van der Waals surface area contributed by atoms with Crippen LogP contribution in [0.5, 0.6) is 5.75 Å². The van der Waals surface area contributed by atoms with E-state index in [2.05, 4.69) is 15.1 Å². The van der Waals surface area contributed by atoms with Crippen molar-refractivity contribution < 1.29 is 9.63 Å². The Morgan fingerprint density at radius 2 is 2.10 bits per heavy atom. The number of hydrogen-bond acceptors (Lipinski definition) is 6. The number of phenols is 1. The van der Waals surface area contributed by atoms with Crippen LogP contribution in [-0.2, 0) is 6.42 Å². The van der Waals surface area contributed by atoms with Gasteiger partial charge in [-0.1, -0.05) is 17.3 Å². The third kappa shape index (κ3) is 2.42. The molecule has 3 aromatic rings. The van der Waals surface area contributed by atoms with Crippen LogP contribution < -0.4 is 0 Å². The lowest BCUT2D eigenvalue weighted by Gasteiger charge is -2.01. The van der Waals surface area contributed by atoms with E-state index in [4.69, 9.17) is 4.52 Å². The minimum atomic E-state index is 0.173. The van der Waals surface area contributed by atoms with Gasteiger partial charge in [-0.25, -0.2) is 4.98 Å². The fraction of sp³-hybridized carbons (Fsp3) is 0.214. The van der Waals surface area contributed by atoms with Gasteiger partial charge in [0, 0.05) is 5.38 Å². The summed E-state index contributed by atoms with van der Waals surface area (Å²) in [6.45, 7) is 3.79. The van der Waals surface area contributed by atoms with Crippen molar-refractivity contribution in [3.63, 3.8) is 0 Å². The smallest absolute Gasteiger partial charge is 0.261 e. The van der Waals surface area contributed by atoms with Gasteiger partial charge in [0.1, 0.15) is 5.75 Å². The minimum Gasteiger partial charge on any atom is -0.507 e. The Bertz CT molecular complexity index is 748. The van der Waals surface area contributed by atoms with Gasteiger partial charge >= 0.3 is 0 Å². The Balaban J connectivity index is 1.88. The number of benzene rings is 1. The van der Waals surface area contributed by atoms with Crippen molar-refractivity contribution in [1.29, 1.82) is 0 Å². The van der Waals surface area contributed by atoms with Crippen LogP contribution in [0.2, 0.25) is 0 Å². The standard InChI is InChI=1S/C14H13N3O2S/c1-8-4-3-5-11(13(8)18)14-16-12(17-19-14)6-10-7-20-9(2)15-10/h3-5,7,18H,6H2,1-2H3. The quantitative estimate of drug-likeness (QED) is 0.801. The molecule has 3 rings (SSSR count).